The van der Waals surface area contributed by atoms with E-state index < -0.39 is 0 Å². The van der Waals surface area contributed by atoms with Gasteiger partial charge in [-0.25, -0.2) is 0 Å². The Labute approximate surface area is 286 Å². The SMILES string of the molecule is CC(C)c1cc(C(c2ccc(O)cc2)c2cc(C(C)C)c(N=Cc3ccccn3)c(C(C)C)c2)cc(C(C)C)c1N=Cc1ccccn1. The van der Waals surface area contributed by atoms with Crippen molar-refractivity contribution in [3.63, 3.8) is 0 Å². The fraction of sp³-hybridized carbons (Fsp3) is 0.302. The maximum absolute atomic E-state index is 10.3. The lowest BCUT2D eigenvalue weighted by molar-refractivity contribution is 0.475. The minimum Gasteiger partial charge on any atom is -0.508 e. The van der Waals surface area contributed by atoms with Crippen LogP contribution in [0.15, 0.2) is 107 Å². The Morgan fingerprint density at radius 2 is 0.875 bits per heavy atom. The molecule has 5 heteroatoms. The Kier molecular flexibility index (Phi) is 11.0. The Morgan fingerprint density at radius 3 is 1.19 bits per heavy atom. The molecule has 0 aliphatic carbocycles. The van der Waals surface area contributed by atoms with E-state index in [2.05, 4.69) is 102 Å². The molecule has 5 aromatic rings. The minimum absolute atomic E-state index is 0.0711. The molecular weight excluding hydrogens is 589 g/mol. The van der Waals surface area contributed by atoms with Crippen molar-refractivity contribution >= 4 is 23.8 Å². The number of phenols is 1. The molecule has 0 unspecified atom stereocenters. The largest absolute Gasteiger partial charge is 0.508 e. The van der Waals surface area contributed by atoms with Crippen LogP contribution in [0.5, 0.6) is 5.75 Å². The molecule has 0 fully saturated rings. The van der Waals surface area contributed by atoms with Gasteiger partial charge in [0.1, 0.15) is 5.75 Å². The lowest BCUT2D eigenvalue weighted by Crippen LogP contribution is -2.09. The molecule has 5 nitrogen and oxygen atoms in total. The van der Waals surface area contributed by atoms with Gasteiger partial charge in [-0.15, -0.1) is 0 Å². The van der Waals surface area contributed by atoms with Crippen LogP contribution in [-0.2, 0) is 0 Å². The average Bonchev–Trinajstić information content (AvgIpc) is 3.07. The van der Waals surface area contributed by atoms with Gasteiger partial charge in [0.15, 0.2) is 0 Å². The van der Waals surface area contributed by atoms with Crippen molar-refractivity contribution in [2.24, 2.45) is 9.98 Å². The van der Waals surface area contributed by atoms with Gasteiger partial charge in [0.25, 0.3) is 0 Å². The van der Waals surface area contributed by atoms with Crippen LogP contribution in [0.4, 0.5) is 11.4 Å². The van der Waals surface area contributed by atoms with Crippen molar-refractivity contribution in [1.82, 2.24) is 9.97 Å². The molecule has 48 heavy (non-hydrogen) atoms. The Bertz CT molecular complexity index is 1700. The first kappa shape index (κ1) is 34.4. The zero-order valence-electron chi connectivity index (χ0n) is 29.5. The van der Waals surface area contributed by atoms with E-state index in [4.69, 9.17) is 9.98 Å². The zero-order chi connectivity index (χ0) is 34.4. The number of aliphatic imine (C=N–C) groups is 2. The maximum Gasteiger partial charge on any atom is 0.115 e. The van der Waals surface area contributed by atoms with Crippen molar-refractivity contribution in [2.45, 2.75) is 85.0 Å². The molecule has 0 saturated carbocycles. The number of phenolic OH excluding ortho intramolecular Hbond substituents is 1. The second kappa shape index (κ2) is 15.3. The highest BCUT2D eigenvalue weighted by Crippen LogP contribution is 2.44. The molecule has 246 valence electrons. The molecule has 5 rings (SSSR count). The number of hydrogen-bond acceptors (Lipinski definition) is 5. The van der Waals surface area contributed by atoms with Crippen molar-refractivity contribution in [1.29, 1.82) is 0 Å². The molecule has 3 aromatic carbocycles. The normalized spacial score (nSPS) is 12.8. The summed E-state index contributed by atoms with van der Waals surface area (Å²) in [6.45, 7) is 17.9. The van der Waals surface area contributed by atoms with Crippen LogP contribution in [0.1, 0.15) is 135 Å². The summed E-state index contributed by atoms with van der Waals surface area (Å²) >= 11 is 0. The highest BCUT2D eigenvalue weighted by Gasteiger charge is 2.25. The first-order valence-corrected chi connectivity index (χ1v) is 17.1. The van der Waals surface area contributed by atoms with Crippen molar-refractivity contribution in [3.05, 3.63) is 148 Å². The van der Waals surface area contributed by atoms with Crippen LogP contribution in [0.2, 0.25) is 0 Å². The molecule has 2 heterocycles. The molecule has 0 amide bonds. The fourth-order valence-corrected chi connectivity index (χ4v) is 6.21. The Balaban J connectivity index is 1.75. The van der Waals surface area contributed by atoms with E-state index in [1.54, 1.807) is 24.5 Å². The molecule has 0 radical (unpaired) electrons. The van der Waals surface area contributed by atoms with Gasteiger partial charge in [-0.1, -0.05) is 104 Å². The van der Waals surface area contributed by atoms with Crippen LogP contribution < -0.4 is 0 Å². The first-order valence-electron chi connectivity index (χ1n) is 17.1. The number of aromatic nitrogens is 2. The van der Waals surface area contributed by atoms with Crippen molar-refractivity contribution < 1.29 is 5.11 Å². The third kappa shape index (κ3) is 7.96. The number of rotatable bonds is 11. The van der Waals surface area contributed by atoms with Crippen LogP contribution >= 0.6 is 0 Å². The van der Waals surface area contributed by atoms with E-state index in [0.717, 1.165) is 28.3 Å². The molecule has 0 spiro atoms. The Hall–Kier alpha value is -4.90. The highest BCUT2D eigenvalue weighted by atomic mass is 16.3. The van der Waals surface area contributed by atoms with E-state index in [-0.39, 0.29) is 35.3 Å². The van der Waals surface area contributed by atoms with Gasteiger partial charge in [-0.2, -0.15) is 0 Å². The second-order valence-corrected chi connectivity index (χ2v) is 13.8. The molecule has 1 N–H and O–H groups in total. The van der Waals surface area contributed by atoms with Crippen LogP contribution in [0.25, 0.3) is 0 Å². The van der Waals surface area contributed by atoms with E-state index in [1.807, 2.05) is 48.8 Å². The molecule has 0 aliphatic heterocycles. The van der Waals surface area contributed by atoms with E-state index in [1.165, 1.54) is 33.4 Å². The van der Waals surface area contributed by atoms with Gasteiger partial charge in [-0.3, -0.25) is 20.0 Å². The second-order valence-electron chi connectivity index (χ2n) is 13.8. The third-order valence-corrected chi connectivity index (χ3v) is 8.79. The predicted octanol–water partition coefficient (Wildman–Crippen LogP) is 11.4. The summed E-state index contributed by atoms with van der Waals surface area (Å²) in [5, 5.41) is 10.3. The Morgan fingerprint density at radius 1 is 0.500 bits per heavy atom. The van der Waals surface area contributed by atoms with Gasteiger partial charge in [-0.05, 0) is 99.0 Å². The van der Waals surface area contributed by atoms with Crippen LogP contribution in [-0.4, -0.2) is 27.5 Å². The van der Waals surface area contributed by atoms with E-state index in [9.17, 15) is 5.11 Å². The number of aromatic hydroxyl groups is 1. The average molecular weight is 637 g/mol. The third-order valence-electron chi connectivity index (χ3n) is 8.79. The molecule has 2 aromatic heterocycles. The molecular formula is C43H48N4O. The van der Waals surface area contributed by atoms with Gasteiger partial charge < -0.3 is 5.11 Å². The summed E-state index contributed by atoms with van der Waals surface area (Å²) in [7, 11) is 0. The number of pyridine rings is 2. The summed E-state index contributed by atoms with van der Waals surface area (Å²) in [4.78, 5) is 19.1. The van der Waals surface area contributed by atoms with Gasteiger partial charge >= 0.3 is 0 Å². The standard InChI is InChI=1S/C43H48N4O/c1-27(2)37-21-32(22-38(28(3)4)42(37)46-25-34-13-9-11-19-44-34)41(31-15-17-36(48)18-16-31)33-23-39(29(5)6)43(40(24-33)30(7)8)47-26-35-14-10-12-20-45-35/h9-30,41,48H,1-8H3. The quantitative estimate of drug-likeness (QED) is 0.116. The fourth-order valence-electron chi connectivity index (χ4n) is 6.21. The number of benzene rings is 3. The van der Waals surface area contributed by atoms with Crippen LogP contribution in [0, 0.1) is 0 Å². The summed E-state index contributed by atoms with van der Waals surface area (Å²) in [6.07, 6.45) is 7.34. The van der Waals surface area contributed by atoms with Gasteiger partial charge in [0.05, 0.1) is 35.2 Å². The highest BCUT2D eigenvalue weighted by molar-refractivity contribution is 5.82. The smallest absolute Gasteiger partial charge is 0.115 e. The maximum atomic E-state index is 10.3. The molecule has 0 saturated heterocycles. The topological polar surface area (TPSA) is 70.7 Å². The number of nitrogens with zero attached hydrogens (tertiary/aromatic N) is 4. The van der Waals surface area contributed by atoms with E-state index in [0.29, 0.717) is 0 Å². The summed E-state index contributed by atoms with van der Waals surface area (Å²) in [6, 6.07) is 28.8. The van der Waals surface area contributed by atoms with Crippen LogP contribution in [0.3, 0.4) is 0 Å². The van der Waals surface area contributed by atoms with Gasteiger partial charge in [0.2, 0.25) is 0 Å². The summed E-state index contributed by atoms with van der Waals surface area (Å²) < 4.78 is 0. The number of hydrogen-bond donors (Lipinski definition) is 1. The molecule has 0 aliphatic rings. The zero-order valence-corrected chi connectivity index (χ0v) is 29.5. The predicted molar refractivity (Wildman–Crippen MR) is 201 cm³/mol. The van der Waals surface area contributed by atoms with E-state index >= 15 is 0 Å². The lowest BCUT2D eigenvalue weighted by Gasteiger charge is -2.27. The van der Waals surface area contributed by atoms with Crippen molar-refractivity contribution in [2.75, 3.05) is 0 Å². The van der Waals surface area contributed by atoms with Crippen molar-refractivity contribution in [3.8, 4) is 5.75 Å². The minimum atomic E-state index is -0.0711. The first-order chi connectivity index (χ1) is 23.0. The summed E-state index contributed by atoms with van der Waals surface area (Å²) in [5.41, 5.74) is 12.1. The molecule has 0 atom stereocenters. The monoisotopic (exact) mass is 636 g/mol. The summed E-state index contributed by atoms with van der Waals surface area (Å²) in [5.74, 6) is 1.18. The lowest BCUT2D eigenvalue weighted by atomic mass is 9.78. The molecule has 0 bridgehead atoms. The van der Waals surface area contributed by atoms with Gasteiger partial charge in [0, 0.05) is 18.3 Å².